The van der Waals surface area contributed by atoms with Crippen LogP contribution in [0.15, 0.2) is 24.3 Å². The molecule has 0 aliphatic heterocycles. The van der Waals surface area contributed by atoms with Gasteiger partial charge in [0.25, 0.3) is 0 Å². The Hall–Kier alpha value is -2.04. The monoisotopic (exact) mass is 292 g/mol. The molecule has 0 radical (unpaired) electrons. The molecule has 2 N–H and O–H groups in total. The molecule has 0 aliphatic rings. The van der Waals surface area contributed by atoms with Gasteiger partial charge in [0.05, 0.1) is 6.42 Å². The molecule has 5 heteroatoms. The molecule has 1 aromatic rings. The Balaban J connectivity index is 2.85. The van der Waals surface area contributed by atoms with Gasteiger partial charge in [0.1, 0.15) is 0 Å². The number of urea groups is 1. The molecule has 0 saturated carbocycles. The molecule has 0 spiro atoms. The maximum absolute atomic E-state index is 12.3. The third kappa shape index (κ3) is 5.10. The van der Waals surface area contributed by atoms with Crippen molar-refractivity contribution in [3.8, 4) is 0 Å². The zero-order valence-corrected chi connectivity index (χ0v) is 13.1. The van der Waals surface area contributed by atoms with E-state index in [-0.39, 0.29) is 24.4 Å². The van der Waals surface area contributed by atoms with Gasteiger partial charge in [0.2, 0.25) is 0 Å². The summed E-state index contributed by atoms with van der Waals surface area (Å²) in [6, 6.07) is 7.40. The Labute approximate surface area is 126 Å². The second-order valence-electron chi connectivity index (χ2n) is 5.95. The fraction of sp³-hybridized carbons (Fsp3) is 0.500. The highest BCUT2D eigenvalue weighted by atomic mass is 16.4. The van der Waals surface area contributed by atoms with Crippen molar-refractivity contribution in [3.63, 3.8) is 0 Å². The second-order valence-corrected chi connectivity index (χ2v) is 5.95. The molecule has 1 aromatic carbocycles. The molecule has 1 rings (SSSR count). The lowest BCUT2D eigenvalue weighted by atomic mass is 9.86. The minimum atomic E-state index is -0.906. The number of hydrogen-bond donors (Lipinski definition) is 2. The number of rotatable bonds is 5. The predicted molar refractivity (Wildman–Crippen MR) is 83.7 cm³/mol. The number of carboxylic acid groups (broad SMARTS) is 1. The van der Waals surface area contributed by atoms with Gasteiger partial charge in [-0.15, -0.1) is 0 Å². The molecule has 0 unspecified atom stereocenters. The number of benzene rings is 1. The van der Waals surface area contributed by atoms with E-state index in [4.69, 9.17) is 5.11 Å². The summed E-state index contributed by atoms with van der Waals surface area (Å²) >= 11 is 0. The van der Waals surface area contributed by atoms with Crippen molar-refractivity contribution in [3.05, 3.63) is 29.8 Å². The van der Waals surface area contributed by atoms with Gasteiger partial charge in [-0.25, -0.2) is 4.79 Å². The smallest absolute Gasteiger partial charge is 0.321 e. The van der Waals surface area contributed by atoms with Crippen LogP contribution in [0.5, 0.6) is 0 Å². The van der Waals surface area contributed by atoms with Crippen LogP contribution in [0.4, 0.5) is 10.5 Å². The van der Waals surface area contributed by atoms with Crippen molar-refractivity contribution in [2.75, 3.05) is 18.4 Å². The Morgan fingerprint density at radius 3 is 2.38 bits per heavy atom. The van der Waals surface area contributed by atoms with Gasteiger partial charge in [-0.1, -0.05) is 39.0 Å². The molecule has 0 aromatic heterocycles. The molecular formula is C16H24N2O3. The van der Waals surface area contributed by atoms with Crippen LogP contribution in [-0.2, 0) is 10.2 Å². The van der Waals surface area contributed by atoms with Crippen LogP contribution in [0.3, 0.4) is 0 Å². The quantitative estimate of drug-likeness (QED) is 0.874. The van der Waals surface area contributed by atoms with Gasteiger partial charge in [-0.2, -0.15) is 0 Å². The Bertz CT molecular complexity index is 506. The number of nitrogens with one attached hydrogen (secondary N) is 1. The average Bonchev–Trinajstić information content (AvgIpc) is 2.38. The van der Waals surface area contributed by atoms with Crippen LogP contribution >= 0.6 is 0 Å². The van der Waals surface area contributed by atoms with E-state index in [1.165, 1.54) is 4.90 Å². The third-order valence-electron chi connectivity index (χ3n) is 3.24. The van der Waals surface area contributed by atoms with E-state index in [0.29, 0.717) is 6.54 Å². The first-order valence-corrected chi connectivity index (χ1v) is 7.13. The van der Waals surface area contributed by atoms with Crippen LogP contribution in [0, 0.1) is 0 Å². The Morgan fingerprint density at radius 1 is 1.24 bits per heavy atom. The van der Waals surface area contributed by atoms with Gasteiger partial charge in [-0.3, -0.25) is 4.79 Å². The first kappa shape index (κ1) is 17.0. The lowest BCUT2D eigenvalue weighted by Gasteiger charge is -2.25. The average molecular weight is 292 g/mol. The van der Waals surface area contributed by atoms with E-state index in [0.717, 1.165) is 11.3 Å². The van der Waals surface area contributed by atoms with E-state index < -0.39 is 5.97 Å². The molecule has 0 fully saturated rings. The summed E-state index contributed by atoms with van der Waals surface area (Å²) in [4.78, 5) is 24.4. The van der Waals surface area contributed by atoms with E-state index >= 15 is 0 Å². The predicted octanol–water partition coefficient (Wildman–Crippen LogP) is 3.31. The molecule has 0 atom stereocenters. The molecule has 5 nitrogen and oxygen atoms in total. The number of carboxylic acids is 1. The normalized spacial score (nSPS) is 11.0. The summed E-state index contributed by atoms with van der Waals surface area (Å²) in [5, 5.41) is 11.6. The van der Waals surface area contributed by atoms with Gasteiger partial charge in [0.15, 0.2) is 0 Å². The van der Waals surface area contributed by atoms with Crippen LogP contribution in [0.2, 0.25) is 0 Å². The lowest BCUT2D eigenvalue weighted by Crippen LogP contribution is -2.36. The van der Waals surface area contributed by atoms with Crippen molar-refractivity contribution in [2.24, 2.45) is 0 Å². The second kappa shape index (κ2) is 7.11. The van der Waals surface area contributed by atoms with Gasteiger partial charge < -0.3 is 15.3 Å². The van der Waals surface area contributed by atoms with Gasteiger partial charge in [-0.05, 0) is 24.0 Å². The van der Waals surface area contributed by atoms with Crippen molar-refractivity contribution < 1.29 is 14.7 Å². The molecule has 0 saturated heterocycles. The van der Waals surface area contributed by atoms with E-state index in [2.05, 4.69) is 26.1 Å². The molecule has 0 bridgehead atoms. The summed E-state index contributed by atoms with van der Waals surface area (Å²) in [7, 11) is 0. The highest BCUT2D eigenvalue weighted by Crippen LogP contribution is 2.29. The number of nitrogens with zero attached hydrogens (tertiary/aromatic N) is 1. The summed E-state index contributed by atoms with van der Waals surface area (Å²) in [6.07, 6.45) is -0.0534. The maximum Gasteiger partial charge on any atom is 0.321 e. The number of amides is 2. The molecule has 0 aliphatic carbocycles. The molecule has 116 valence electrons. The van der Waals surface area contributed by atoms with E-state index in [9.17, 15) is 9.59 Å². The van der Waals surface area contributed by atoms with Crippen molar-refractivity contribution >= 4 is 17.7 Å². The number of anilines is 1. The minimum Gasteiger partial charge on any atom is -0.481 e. The van der Waals surface area contributed by atoms with Crippen LogP contribution in [0.25, 0.3) is 0 Å². The number of hydrogen-bond acceptors (Lipinski definition) is 2. The van der Waals surface area contributed by atoms with E-state index in [1.54, 1.807) is 0 Å². The highest BCUT2D eigenvalue weighted by Gasteiger charge is 2.20. The standard InChI is InChI=1S/C16H24N2O3/c1-5-18(11-10-14(19)20)15(21)17-13-9-7-6-8-12(13)16(2,3)4/h6-9H,5,10-11H2,1-4H3,(H,17,21)(H,19,20). The molecule has 2 amide bonds. The Kier molecular flexibility index (Phi) is 5.76. The summed E-state index contributed by atoms with van der Waals surface area (Å²) in [6.45, 7) is 8.75. The number of aliphatic carboxylic acids is 1. The maximum atomic E-state index is 12.3. The first-order chi connectivity index (χ1) is 9.75. The fourth-order valence-electron chi connectivity index (χ4n) is 2.07. The molecule has 0 heterocycles. The number of para-hydroxylation sites is 1. The molecule has 21 heavy (non-hydrogen) atoms. The van der Waals surface area contributed by atoms with Crippen molar-refractivity contribution in [1.29, 1.82) is 0 Å². The SMILES string of the molecule is CCN(CCC(=O)O)C(=O)Nc1ccccc1C(C)(C)C. The summed E-state index contributed by atoms with van der Waals surface area (Å²) in [5.41, 5.74) is 1.73. The minimum absolute atomic E-state index is 0.0534. The van der Waals surface area contributed by atoms with E-state index in [1.807, 2.05) is 31.2 Å². The molecular weight excluding hydrogens is 268 g/mol. The topological polar surface area (TPSA) is 69.6 Å². The first-order valence-electron chi connectivity index (χ1n) is 7.13. The largest absolute Gasteiger partial charge is 0.481 e. The van der Waals surface area contributed by atoms with Gasteiger partial charge in [0, 0.05) is 18.8 Å². The zero-order chi connectivity index (χ0) is 16.0. The van der Waals surface area contributed by atoms with Crippen LogP contribution in [-0.4, -0.2) is 35.1 Å². The Morgan fingerprint density at radius 2 is 1.86 bits per heavy atom. The summed E-state index contributed by atoms with van der Waals surface area (Å²) in [5.74, 6) is -0.906. The van der Waals surface area contributed by atoms with Crippen molar-refractivity contribution in [2.45, 2.75) is 39.5 Å². The number of carbonyl (C=O) groups is 2. The fourth-order valence-corrected chi connectivity index (χ4v) is 2.07. The third-order valence-corrected chi connectivity index (χ3v) is 3.24. The van der Waals surface area contributed by atoms with Gasteiger partial charge >= 0.3 is 12.0 Å². The zero-order valence-electron chi connectivity index (χ0n) is 13.1. The van der Waals surface area contributed by atoms with Crippen molar-refractivity contribution in [1.82, 2.24) is 4.90 Å². The summed E-state index contributed by atoms with van der Waals surface area (Å²) < 4.78 is 0. The highest BCUT2D eigenvalue weighted by molar-refractivity contribution is 5.90. The lowest BCUT2D eigenvalue weighted by molar-refractivity contribution is -0.137. The number of carbonyl (C=O) groups excluding carboxylic acids is 1. The van der Waals surface area contributed by atoms with Crippen LogP contribution < -0.4 is 5.32 Å². The van der Waals surface area contributed by atoms with Crippen LogP contribution in [0.1, 0.15) is 39.7 Å².